The summed E-state index contributed by atoms with van der Waals surface area (Å²) in [6.07, 6.45) is 0. The van der Waals surface area contributed by atoms with Crippen LogP contribution >= 0.6 is 11.3 Å². The molecule has 0 amide bonds. The number of thiazole rings is 1. The van der Waals surface area contributed by atoms with Crippen LogP contribution in [0, 0.1) is 6.92 Å². The van der Waals surface area contributed by atoms with Crippen LogP contribution in [-0.4, -0.2) is 23.3 Å². The minimum Gasteiger partial charge on any atom is -0.399 e. The SMILES string of the molecule is Cc1nc2c3ccc(B4OC(C)(C)C(C)(C)O4)cc3c3ccccc3c2s1. The summed E-state index contributed by atoms with van der Waals surface area (Å²) in [4.78, 5) is 4.82. The van der Waals surface area contributed by atoms with Crippen LogP contribution in [0.5, 0.6) is 0 Å². The lowest BCUT2D eigenvalue weighted by Crippen LogP contribution is -2.41. The fraction of sp³-hybridized carbons (Fsp3) is 0.318. The van der Waals surface area contributed by atoms with Crippen molar-refractivity contribution >= 4 is 55.7 Å². The highest BCUT2D eigenvalue weighted by Crippen LogP contribution is 2.39. The minimum absolute atomic E-state index is 0.343. The standard InChI is InChI=1S/C22H22BNO2S/c1-13-24-19-16-11-10-14(23-25-21(2,3)22(4,5)26-23)12-18(16)15-8-6-7-9-17(15)20(19)27-13/h6-12H,1-5H3. The van der Waals surface area contributed by atoms with Gasteiger partial charge in [-0.15, -0.1) is 11.3 Å². The maximum atomic E-state index is 6.27. The summed E-state index contributed by atoms with van der Waals surface area (Å²) in [6, 6.07) is 15.1. The normalized spacial score (nSPS) is 18.8. The van der Waals surface area contributed by atoms with Crippen LogP contribution in [0.4, 0.5) is 0 Å². The quantitative estimate of drug-likeness (QED) is 0.338. The fourth-order valence-electron chi connectivity index (χ4n) is 3.83. The zero-order valence-corrected chi connectivity index (χ0v) is 17.1. The second kappa shape index (κ2) is 5.54. The number of fused-ring (bicyclic) bond motifs is 6. The molecule has 4 aromatic rings. The first-order chi connectivity index (χ1) is 12.8. The van der Waals surface area contributed by atoms with Crippen molar-refractivity contribution in [2.75, 3.05) is 0 Å². The Kier molecular flexibility index (Phi) is 3.52. The number of benzene rings is 3. The molecular weight excluding hydrogens is 353 g/mol. The van der Waals surface area contributed by atoms with E-state index in [9.17, 15) is 0 Å². The highest BCUT2D eigenvalue weighted by Gasteiger charge is 2.51. The van der Waals surface area contributed by atoms with E-state index >= 15 is 0 Å². The molecule has 1 aromatic heterocycles. The molecule has 3 nitrogen and oxygen atoms in total. The highest BCUT2D eigenvalue weighted by molar-refractivity contribution is 7.19. The molecule has 1 fully saturated rings. The van der Waals surface area contributed by atoms with Crippen LogP contribution in [0.3, 0.4) is 0 Å². The minimum atomic E-state index is -0.356. The lowest BCUT2D eigenvalue weighted by Gasteiger charge is -2.32. The van der Waals surface area contributed by atoms with Gasteiger partial charge in [-0.25, -0.2) is 4.98 Å². The predicted molar refractivity (Wildman–Crippen MR) is 115 cm³/mol. The summed E-state index contributed by atoms with van der Waals surface area (Å²) < 4.78 is 13.8. The van der Waals surface area contributed by atoms with Crippen molar-refractivity contribution in [1.29, 1.82) is 0 Å². The third-order valence-corrected chi connectivity index (χ3v) is 7.02. The molecule has 0 radical (unpaired) electrons. The molecule has 1 aliphatic heterocycles. The van der Waals surface area contributed by atoms with E-state index < -0.39 is 0 Å². The van der Waals surface area contributed by atoms with Gasteiger partial charge in [0.1, 0.15) is 0 Å². The molecule has 0 unspecified atom stereocenters. The molecule has 0 saturated carbocycles. The molecule has 0 bridgehead atoms. The maximum absolute atomic E-state index is 6.27. The molecule has 2 heterocycles. The Morgan fingerprint density at radius 3 is 2.22 bits per heavy atom. The van der Waals surface area contributed by atoms with E-state index in [0.29, 0.717) is 0 Å². The lowest BCUT2D eigenvalue weighted by atomic mass is 9.78. The molecule has 0 N–H and O–H groups in total. The maximum Gasteiger partial charge on any atom is 0.494 e. The van der Waals surface area contributed by atoms with Gasteiger partial charge in [-0.2, -0.15) is 0 Å². The van der Waals surface area contributed by atoms with Gasteiger partial charge in [0.2, 0.25) is 0 Å². The van der Waals surface area contributed by atoms with Gasteiger partial charge in [-0.05, 0) is 50.9 Å². The molecule has 5 rings (SSSR count). The Balaban J connectivity index is 1.77. The fourth-order valence-corrected chi connectivity index (χ4v) is 4.80. The number of aromatic nitrogens is 1. The molecule has 0 atom stereocenters. The van der Waals surface area contributed by atoms with Gasteiger partial charge in [-0.1, -0.05) is 42.5 Å². The largest absolute Gasteiger partial charge is 0.494 e. The Labute approximate surface area is 163 Å². The van der Waals surface area contributed by atoms with E-state index in [1.165, 1.54) is 26.2 Å². The third-order valence-electron chi connectivity index (χ3n) is 6.02. The summed E-state index contributed by atoms with van der Waals surface area (Å²) in [6.45, 7) is 10.4. The summed E-state index contributed by atoms with van der Waals surface area (Å²) in [5.74, 6) is 0. The Morgan fingerprint density at radius 2 is 1.52 bits per heavy atom. The van der Waals surface area contributed by atoms with Crippen molar-refractivity contribution in [3.63, 3.8) is 0 Å². The van der Waals surface area contributed by atoms with Crippen molar-refractivity contribution < 1.29 is 9.31 Å². The van der Waals surface area contributed by atoms with E-state index in [-0.39, 0.29) is 18.3 Å². The number of nitrogens with zero attached hydrogens (tertiary/aromatic N) is 1. The van der Waals surface area contributed by atoms with Gasteiger partial charge in [0.25, 0.3) is 0 Å². The van der Waals surface area contributed by atoms with Crippen molar-refractivity contribution in [1.82, 2.24) is 4.98 Å². The summed E-state index contributed by atoms with van der Waals surface area (Å²) in [5, 5.41) is 6.00. The zero-order chi connectivity index (χ0) is 19.0. The van der Waals surface area contributed by atoms with Crippen LogP contribution < -0.4 is 5.46 Å². The highest BCUT2D eigenvalue weighted by atomic mass is 32.1. The molecule has 1 aliphatic rings. The van der Waals surface area contributed by atoms with Crippen LogP contribution in [0.15, 0.2) is 42.5 Å². The van der Waals surface area contributed by atoms with Gasteiger partial charge in [-0.3, -0.25) is 0 Å². The van der Waals surface area contributed by atoms with Gasteiger partial charge in [0.15, 0.2) is 0 Å². The summed E-state index contributed by atoms with van der Waals surface area (Å²) in [5.41, 5.74) is 1.46. The number of rotatable bonds is 1. The summed E-state index contributed by atoms with van der Waals surface area (Å²) >= 11 is 1.76. The van der Waals surface area contributed by atoms with Crippen LogP contribution in [-0.2, 0) is 9.31 Å². The number of hydrogen-bond acceptors (Lipinski definition) is 4. The second-order valence-electron chi connectivity index (χ2n) is 8.35. The lowest BCUT2D eigenvalue weighted by molar-refractivity contribution is 0.00578. The van der Waals surface area contributed by atoms with E-state index in [0.717, 1.165) is 16.0 Å². The van der Waals surface area contributed by atoms with Crippen LogP contribution in [0.1, 0.15) is 32.7 Å². The monoisotopic (exact) mass is 375 g/mol. The molecule has 136 valence electrons. The topological polar surface area (TPSA) is 31.4 Å². The van der Waals surface area contributed by atoms with E-state index in [1.54, 1.807) is 11.3 Å². The van der Waals surface area contributed by atoms with Crippen molar-refractivity contribution in [3.05, 3.63) is 47.5 Å². The zero-order valence-electron chi connectivity index (χ0n) is 16.3. The molecule has 0 spiro atoms. The first-order valence-corrected chi connectivity index (χ1v) is 10.2. The number of aryl methyl sites for hydroxylation is 1. The molecule has 3 aromatic carbocycles. The first kappa shape index (κ1) is 17.2. The average molecular weight is 375 g/mol. The predicted octanol–water partition coefficient (Wildman–Crippen LogP) is 5.21. The van der Waals surface area contributed by atoms with Gasteiger partial charge in [0, 0.05) is 10.8 Å². The molecular formula is C22H22BNO2S. The van der Waals surface area contributed by atoms with Gasteiger partial charge in [0.05, 0.1) is 26.4 Å². The molecule has 1 saturated heterocycles. The van der Waals surface area contributed by atoms with E-state index in [1.807, 2.05) is 0 Å². The summed E-state index contributed by atoms with van der Waals surface area (Å²) in [7, 11) is -0.356. The Bertz CT molecular complexity index is 1200. The first-order valence-electron chi connectivity index (χ1n) is 9.34. The van der Waals surface area contributed by atoms with Gasteiger partial charge < -0.3 is 9.31 Å². The van der Waals surface area contributed by atoms with E-state index in [2.05, 4.69) is 77.1 Å². The van der Waals surface area contributed by atoms with Crippen molar-refractivity contribution in [3.8, 4) is 0 Å². The third kappa shape index (κ3) is 2.45. The smallest absolute Gasteiger partial charge is 0.399 e. The van der Waals surface area contributed by atoms with Crippen LogP contribution in [0.25, 0.3) is 31.8 Å². The van der Waals surface area contributed by atoms with E-state index in [4.69, 9.17) is 14.3 Å². The van der Waals surface area contributed by atoms with Crippen molar-refractivity contribution in [2.24, 2.45) is 0 Å². The van der Waals surface area contributed by atoms with Crippen LogP contribution in [0.2, 0.25) is 0 Å². The molecule has 5 heteroatoms. The van der Waals surface area contributed by atoms with Crippen molar-refractivity contribution in [2.45, 2.75) is 45.8 Å². The molecule has 0 aliphatic carbocycles. The second-order valence-corrected chi connectivity index (χ2v) is 9.55. The Morgan fingerprint density at radius 1 is 0.852 bits per heavy atom. The number of hydrogen-bond donors (Lipinski definition) is 0. The molecule has 27 heavy (non-hydrogen) atoms. The Hall–Kier alpha value is -1.95. The average Bonchev–Trinajstić information content (AvgIpc) is 3.11. The van der Waals surface area contributed by atoms with Gasteiger partial charge >= 0.3 is 7.12 Å².